The number of likely N-dealkylation sites (tertiary alicyclic amines) is 1. The van der Waals surface area contributed by atoms with E-state index in [0.717, 1.165) is 37.2 Å². The smallest absolute Gasteiger partial charge is 0.410 e. The van der Waals surface area contributed by atoms with Crippen molar-refractivity contribution in [3.05, 3.63) is 53.5 Å². The lowest BCUT2D eigenvalue weighted by molar-refractivity contribution is 0.0148. The molecule has 3 amide bonds. The van der Waals surface area contributed by atoms with E-state index in [1.807, 2.05) is 37.8 Å². The number of carbonyl (C=O) groups is 3. The molecule has 222 valence electrons. The quantitative estimate of drug-likeness (QED) is 0.484. The highest BCUT2D eigenvalue weighted by Crippen LogP contribution is 2.37. The molecule has 0 radical (unpaired) electrons. The van der Waals surface area contributed by atoms with Gasteiger partial charge in [-0.25, -0.2) is 14.3 Å². The highest BCUT2D eigenvalue weighted by Gasteiger charge is 2.37. The van der Waals surface area contributed by atoms with E-state index in [9.17, 15) is 14.4 Å². The first-order valence-corrected chi connectivity index (χ1v) is 14.6. The van der Waals surface area contributed by atoms with E-state index in [1.165, 1.54) is 6.20 Å². The van der Waals surface area contributed by atoms with Gasteiger partial charge in [0.2, 0.25) is 0 Å². The molecule has 3 aromatic rings. The third-order valence-corrected chi connectivity index (χ3v) is 8.26. The topological polar surface area (TPSA) is 138 Å². The number of benzene rings is 1. The van der Waals surface area contributed by atoms with Crippen molar-refractivity contribution in [2.45, 2.75) is 70.7 Å². The molecule has 3 N–H and O–H groups in total. The summed E-state index contributed by atoms with van der Waals surface area (Å²) in [5, 5.41) is 7.35. The number of nitrogens with two attached hydrogens (primary N) is 1. The molecule has 0 saturated carbocycles. The van der Waals surface area contributed by atoms with E-state index in [0.29, 0.717) is 54.9 Å². The van der Waals surface area contributed by atoms with E-state index in [1.54, 1.807) is 27.9 Å². The van der Waals surface area contributed by atoms with Gasteiger partial charge in [-0.2, -0.15) is 5.10 Å². The highest BCUT2D eigenvalue weighted by atomic mass is 16.6. The zero-order valence-electron chi connectivity index (χ0n) is 24.4. The Bertz CT molecular complexity index is 1510. The maximum atomic E-state index is 13.7. The maximum absolute atomic E-state index is 13.7. The molecule has 1 aromatic carbocycles. The first-order valence-electron chi connectivity index (χ1n) is 14.6. The maximum Gasteiger partial charge on any atom is 0.410 e. The monoisotopic (exact) mass is 574 g/mol. The second-order valence-corrected chi connectivity index (χ2v) is 12.4. The van der Waals surface area contributed by atoms with E-state index in [-0.39, 0.29) is 30.0 Å². The molecule has 0 unspecified atom stereocenters. The third-order valence-electron chi connectivity index (χ3n) is 8.26. The number of anilines is 2. The van der Waals surface area contributed by atoms with E-state index < -0.39 is 5.60 Å². The number of nitrogens with zero attached hydrogens (tertiary/aromatic N) is 6. The molecule has 5 heterocycles. The van der Waals surface area contributed by atoms with Crippen LogP contribution in [0.1, 0.15) is 72.7 Å². The van der Waals surface area contributed by atoms with Gasteiger partial charge < -0.3 is 30.5 Å². The number of hydrogen-bond donors (Lipinski definition) is 2. The van der Waals surface area contributed by atoms with Crippen LogP contribution in [0, 0.1) is 0 Å². The Hall–Kier alpha value is -4.19. The van der Waals surface area contributed by atoms with Crippen molar-refractivity contribution in [1.82, 2.24) is 24.4 Å². The predicted molar refractivity (Wildman–Crippen MR) is 158 cm³/mol. The number of carbonyl (C=O) groups excluding carboxylic acids is 3. The Morgan fingerprint density at radius 2 is 1.81 bits per heavy atom. The number of fused-ring (bicyclic) bond motifs is 2. The van der Waals surface area contributed by atoms with Gasteiger partial charge in [-0.05, 0) is 70.2 Å². The van der Waals surface area contributed by atoms with Crippen molar-refractivity contribution < 1.29 is 19.1 Å². The number of piperidine rings is 2. The molecule has 6 rings (SSSR count). The largest absolute Gasteiger partial charge is 0.444 e. The molecule has 0 aliphatic carbocycles. The van der Waals surface area contributed by atoms with Gasteiger partial charge in [-0.3, -0.25) is 9.59 Å². The number of hydrogen-bond acceptors (Lipinski definition) is 8. The van der Waals surface area contributed by atoms with Gasteiger partial charge in [0.05, 0.1) is 17.6 Å². The zero-order chi connectivity index (χ0) is 29.6. The second kappa shape index (κ2) is 10.9. The molecule has 2 fully saturated rings. The van der Waals surface area contributed by atoms with Crippen molar-refractivity contribution in [3.63, 3.8) is 0 Å². The molecule has 0 bridgehead atoms. The van der Waals surface area contributed by atoms with Crippen LogP contribution >= 0.6 is 0 Å². The van der Waals surface area contributed by atoms with Crippen molar-refractivity contribution >= 4 is 34.9 Å². The lowest BCUT2D eigenvalue weighted by Crippen LogP contribution is -2.48. The van der Waals surface area contributed by atoms with Crippen LogP contribution in [0.2, 0.25) is 0 Å². The number of ether oxygens (including phenoxy) is 1. The Morgan fingerprint density at radius 1 is 1.07 bits per heavy atom. The summed E-state index contributed by atoms with van der Waals surface area (Å²) in [5.74, 6) is -0.324. The van der Waals surface area contributed by atoms with Gasteiger partial charge in [0.1, 0.15) is 11.2 Å². The molecular weight excluding hydrogens is 536 g/mol. The SMILES string of the molecule is CC(C)(C)OC(=O)N1CCC(N2Cc3cc(NC(=O)c4cnn5cccnc45)c(N4CCC(N)CC4)cc3C2=O)CC1. The Kier molecular flexibility index (Phi) is 7.25. The minimum Gasteiger partial charge on any atom is -0.444 e. The first-order chi connectivity index (χ1) is 20.1. The lowest BCUT2D eigenvalue weighted by Gasteiger charge is -2.37. The van der Waals surface area contributed by atoms with Crippen molar-refractivity contribution in [3.8, 4) is 0 Å². The summed E-state index contributed by atoms with van der Waals surface area (Å²) in [4.78, 5) is 49.9. The molecule has 3 aliphatic heterocycles. The van der Waals surface area contributed by atoms with Crippen LogP contribution in [0.5, 0.6) is 0 Å². The molecule has 2 aromatic heterocycles. The number of amides is 3. The average Bonchev–Trinajstić information content (AvgIpc) is 3.53. The minimum absolute atomic E-state index is 0.0135. The number of nitrogens with one attached hydrogen (secondary N) is 1. The van der Waals surface area contributed by atoms with E-state index in [4.69, 9.17) is 10.5 Å². The number of rotatable bonds is 4. The second-order valence-electron chi connectivity index (χ2n) is 12.4. The lowest BCUT2D eigenvalue weighted by atomic mass is 10.0. The Morgan fingerprint density at radius 3 is 2.52 bits per heavy atom. The van der Waals surface area contributed by atoms with E-state index in [2.05, 4.69) is 20.3 Å². The normalized spacial score (nSPS) is 18.5. The third kappa shape index (κ3) is 5.50. The van der Waals surface area contributed by atoms with Crippen molar-refractivity contribution in [2.24, 2.45) is 5.73 Å². The molecule has 42 heavy (non-hydrogen) atoms. The molecule has 2 saturated heterocycles. The Labute approximate surface area is 244 Å². The average molecular weight is 575 g/mol. The van der Waals surface area contributed by atoms with Crippen LogP contribution in [0.3, 0.4) is 0 Å². The number of aromatic nitrogens is 3. The molecule has 0 spiro atoms. The summed E-state index contributed by atoms with van der Waals surface area (Å²) in [6.45, 7) is 8.57. The zero-order valence-corrected chi connectivity index (χ0v) is 24.4. The van der Waals surface area contributed by atoms with Gasteiger partial charge >= 0.3 is 6.09 Å². The fraction of sp³-hybridized carbons (Fsp3) is 0.500. The van der Waals surface area contributed by atoms with Gasteiger partial charge in [-0.1, -0.05) is 0 Å². The predicted octanol–water partition coefficient (Wildman–Crippen LogP) is 3.26. The van der Waals surface area contributed by atoms with Crippen LogP contribution in [0.4, 0.5) is 16.2 Å². The summed E-state index contributed by atoms with van der Waals surface area (Å²) in [7, 11) is 0. The van der Waals surface area contributed by atoms with Crippen LogP contribution in [0.25, 0.3) is 5.65 Å². The van der Waals surface area contributed by atoms with Crippen LogP contribution < -0.4 is 16.0 Å². The summed E-state index contributed by atoms with van der Waals surface area (Å²) >= 11 is 0. The van der Waals surface area contributed by atoms with Crippen LogP contribution in [0.15, 0.2) is 36.8 Å². The summed E-state index contributed by atoms with van der Waals surface area (Å²) < 4.78 is 7.10. The van der Waals surface area contributed by atoms with Crippen LogP contribution in [-0.4, -0.2) is 86.2 Å². The van der Waals surface area contributed by atoms with Crippen molar-refractivity contribution in [1.29, 1.82) is 0 Å². The van der Waals surface area contributed by atoms with E-state index >= 15 is 0 Å². The first kappa shape index (κ1) is 28.0. The standard InChI is InChI=1S/C30H38N8O4/c1-30(2,3)42-29(41)36-13-7-21(8-14-36)37-18-19-15-24(34-27(39)23-17-33-38-10-4-9-32-26(23)38)25(16-22(19)28(37)40)35-11-5-20(31)6-12-35/h4,9-10,15-17,20-21H,5-8,11-14,18,31H2,1-3H3,(H,34,39). The summed E-state index contributed by atoms with van der Waals surface area (Å²) in [6, 6.07) is 5.77. The van der Waals surface area contributed by atoms with Crippen LogP contribution in [-0.2, 0) is 11.3 Å². The van der Waals surface area contributed by atoms with Gasteiger partial charge in [0, 0.05) is 62.8 Å². The van der Waals surface area contributed by atoms with Gasteiger partial charge in [0.15, 0.2) is 5.65 Å². The molecular formula is C30H38N8O4. The minimum atomic E-state index is -0.549. The van der Waals surface area contributed by atoms with Gasteiger partial charge in [-0.15, -0.1) is 0 Å². The summed E-state index contributed by atoms with van der Waals surface area (Å²) in [5.41, 5.74) is 9.47. The fourth-order valence-corrected chi connectivity index (χ4v) is 6.03. The fourth-order valence-electron chi connectivity index (χ4n) is 6.03. The Balaban J connectivity index is 1.23. The van der Waals surface area contributed by atoms with Crippen molar-refractivity contribution in [2.75, 3.05) is 36.4 Å². The summed E-state index contributed by atoms with van der Waals surface area (Å²) in [6.07, 6.45) is 7.60. The molecule has 12 nitrogen and oxygen atoms in total. The molecule has 0 atom stereocenters. The molecule has 12 heteroatoms. The molecule has 3 aliphatic rings. The van der Waals surface area contributed by atoms with Gasteiger partial charge in [0.25, 0.3) is 11.8 Å². The highest BCUT2D eigenvalue weighted by molar-refractivity contribution is 6.10.